The number of carbonyl (C=O) groups excluding carboxylic acids is 2. The van der Waals surface area contributed by atoms with Crippen LogP contribution < -0.4 is 5.32 Å². The summed E-state index contributed by atoms with van der Waals surface area (Å²) in [5, 5.41) is 11.7. The molecule has 1 aliphatic heterocycles. The molecule has 2 N–H and O–H groups in total. The summed E-state index contributed by atoms with van der Waals surface area (Å²) < 4.78 is 4.58. The largest absolute Gasteiger partial charge is 0.461 e. The quantitative estimate of drug-likeness (QED) is 0.393. The van der Waals surface area contributed by atoms with Crippen molar-refractivity contribution in [3.05, 3.63) is 0 Å². The molecule has 0 bridgehead atoms. The van der Waals surface area contributed by atoms with Gasteiger partial charge in [-0.1, -0.05) is 0 Å². The number of esters is 1. The Hall–Kier alpha value is -0.810. The zero-order valence-electron chi connectivity index (χ0n) is 8.24. The molecule has 86 valence electrons. The topological polar surface area (TPSA) is 75.6 Å². The third kappa shape index (κ3) is 3.68. The minimum atomic E-state index is -0.936. The smallest absolute Gasteiger partial charge is 0.331 e. The van der Waals surface area contributed by atoms with Crippen LogP contribution in [-0.2, 0) is 14.3 Å². The lowest BCUT2D eigenvalue weighted by atomic mass is 10.2. The van der Waals surface area contributed by atoms with Crippen molar-refractivity contribution in [2.75, 3.05) is 12.5 Å². The van der Waals surface area contributed by atoms with E-state index in [0.29, 0.717) is 18.7 Å². The molecule has 15 heavy (non-hydrogen) atoms. The van der Waals surface area contributed by atoms with Crippen LogP contribution in [0.2, 0.25) is 0 Å². The molecule has 2 atom stereocenters. The number of nitrogens with one attached hydrogen (secondary N) is 1. The molecule has 1 aliphatic rings. The average Bonchev–Trinajstić information content (AvgIpc) is 2.50. The minimum absolute atomic E-state index is 0.0501. The minimum Gasteiger partial charge on any atom is -0.461 e. The van der Waals surface area contributed by atoms with Gasteiger partial charge in [0.1, 0.15) is 12.7 Å². The van der Waals surface area contributed by atoms with Gasteiger partial charge in [0.2, 0.25) is 5.91 Å². The summed E-state index contributed by atoms with van der Waals surface area (Å²) in [6.07, 6.45) is 0.803. The molecule has 1 saturated heterocycles. The highest BCUT2D eigenvalue weighted by Gasteiger charge is 2.36. The van der Waals surface area contributed by atoms with Gasteiger partial charge >= 0.3 is 5.97 Å². The Morgan fingerprint density at radius 1 is 1.60 bits per heavy atom. The molecule has 0 radical (unpaired) electrons. The zero-order chi connectivity index (χ0) is 11.3. The summed E-state index contributed by atoms with van der Waals surface area (Å²) in [6.45, 7) is -0.0501. The van der Waals surface area contributed by atoms with Crippen LogP contribution >= 0.6 is 11.6 Å². The zero-order valence-corrected chi connectivity index (χ0v) is 9.00. The summed E-state index contributed by atoms with van der Waals surface area (Å²) in [7, 11) is 0. The highest BCUT2D eigenvalue weighted by Crippen LogP contribution is 2.08. The van der Waals surface area contributed by atoms with Crippen LogP contribution in [0.3, 0.4) is 0 Å². The first-order valence-electron chi connectivity index (χ1n) is 4.85. The van der Waals surface area contributed by atoms with Gasteiger partial charge in [-0.05, 0) is 12.8 Å². The highest BCUT2D eigenvalue weighted by atomic mass is 35.5. The Bertz CT molecular complexity index is 246. The molecule has 0 aromatic carbocycles. The first-order valence-corrected chi connectivity index (χ1v) is 5.38. The molecule has 6 heteroatoms. The number of halogens is 1. The van der Waals surface area contributed by atoms with Crippen LogP contribution in [0.15, 0.2) is 0 Å². The van der Waals surface area contributed by atoms with E-state index in [4.69, 9.17) is 11.6 Å². The van der Waals surface area contributed by atoms with Crippen molar-refractivity contribution < 1.29 is 19.4 Å². The van der Waals surface area contributed by atoms with E-state index in [1.54, 1.807) is 0 Å². The van der Waals surface area contributed by atoms with Crippen molar-refractivity contribution in [1.82, 2.24) is 5.32 Å². The summed E-state index contributed by atoms with van der Waals surface area (Å²) in [4.78, 5) is 22.3. The van der Waals surface area contributed by atoms with Crippen LogP contribution in [0.4, 0.5) is 0 Å². The molecule has 0 spiro atoms. The lowest BCUT2D eigenvalue weighted by Gasteiger charge is -2.11. The molecule has 1 fully saturated rings. The van der Waals surface area contributed by atoms with Gasteiger partial charge in [-0.15, -0.1) is 11.6 Å². The average molecular weight is 236 g/mol. The number of rotatable bonds is 5. The Morgan fingerprint density at radius 3 is 2.87 bits per heavy atom. The predicted molar refractivity (Wildman–Crippen MR) is 53.5 cm³/mol. The lowest BCUT2D eigenvalue weighted by molar-refractivity contribution is -0.141. The van der Waals surface area contributed by atoms with Crippen molar-refractivity contribution in [3.8, 4) is 0 Å². The van der Waals surface area contributed by atoms with Crippen LogP contribution in [-0.4, -0.2) is 41.6 Å². The van der Waals surface area contributed by atoms with E-state index in [2.05, 4.69) is 10.1 Å². The number of carbonyl (C=O) groups is 2. The summed E-state index contributed by atoms with van der Waals surface area (Å²) in [5.74, 6) is -0.322. The number of alkyl halides is 1. The second-order valence-electron chi connectivity index (χ2n) is 3.39. The number of aliphatic hydroxyl groups excluding tert-OH is 1. The first kappa shape index (κ1) is 12.3. The summed E-state index contributed by atoms with van der Waals surface area (Å²) in [5.41, 5.74) is 0. The third-order valence-corrected chi connectivity index (χ3v) is 2.41. The molecule has 0 unspecified atom stereocenters. The second kappa shape index (κ2) is 5.92. The van der Waals surface area contributed by atoms with Gasteiger partial charge in [-0.25, -0.2) is 4.79 Å². The number of hydrogen-bond donors (Lipinski definition) is 2. The Labute approximate surface area is 92.7 Å². The maximum absolute atomic E-state index is 11.3. The van der Waals surface area contributed by atoms with E-state index in [-0.39, 0.29) is 12.5 Å². The van der Waals surface area contributed by atoms with Crippen LogP contribution in [0.25, 0.3) is 0 Å². The molecular weight excluding hydrogens is 222 g/mol. The van der Waals surface area contributed by atoms with Crippen molar-refractivity contribution in [1.29, 1.82) is 0 Å². The number of hydrogen-bond acceptors (Lipinski definition) is 4. The molecular formula is C9H14ClNO4. The van der Waals surface area contributed by atoms with Crippen LogP contribution in [0.1, 0.15) is 19.3 Å². The molecule has 0 aliphatic carbocycles. The standard InChI is InChI=1S/C9H14ClNO4/c10-4-2-1-3-7(13)11-8-6(12)5-15-9(8)14/h6,8,12H,1-5H2,(H,11,13)/t6-,8-/m0/s1. The maximum Gasteiger partial charge on any atom is 0.331 e. The molecule has 1 rings (SSSR count). The first-order chi connectivity index (χ1) is 7.15. The molecule has 1 heterocycles. The molecule has 1 amide bonds. The van der Waals surface area contributed by atoms with E-state index in [0.717, 1.165) is 6.42 Å². The van der Waals surface area contributed by atoms with E-state index in [1.165, 1.54) is 0 Å². The number of amides is 1. The Morgan fingerprint density at radius 2 is 2.33 bits per heavy atom. The van der Waals surface area contributed by atoms with E-state index >= 15 is 0 Å². The van der Waals surface area contributed by atoms with Gasteiger partial charge < -0.3 is 15.2 Å². The number of cyclic esters (lactones) is 1. The number of unbranched alkanes of at least 4 members (excludes halogenated alkanes) is 1. The van der Waals surface area contributed by atoms with Crippen molar-refractivity contribution in [2.45, 2.75) is 31.4 Å². The summed E-state index contributed by atoms with van der Waals surface area (Å²) in [6, 6.07) is -0.909. The third-order valence-electron chi connectivity index (χ3n) is 2.14. The van der Waals surface area contributed by atoms with Crippen molar-refractivity contribution >= 4 is 23.5 Å². The molecule has 0 aromatic rings. The number of aliphatic hydroxyl groups is 1. The van der Waals surface area contributed by atoms with Gasteiger partial charge in [0, 0.05) is 12.3 Å². The predicted octanol–water partition coefficient (Wildman–Crippen LogP) is -0.202. The van der Waals surface area contributed by atoms with E-state index in [1.807, 2.05) is 0 Å². The van der Waals surface area contributed by atoms with Crippen molar-refractivity contribution in [3.63, 3.8) is 0 Å². The lowest BCUT2D eigenvalue weighted by Crippen LogP contribution is -2.44. The van der Waals surface area contributed by atoms with Gasteiger partial charge in [0.15, 0.2) is 6.04 Å². The van der Waals surface area contributed by atoms with Crippen molar-refractivity contribution in [2.24, 2.45) is 0 Å². The molecule has 0 saturated carbocycles. The van der Waals surface area contributed by atoms with Gasteiger partial charge in [0.25, 0.3) is 0 Å². The molecule has 0 aromatic heterocycles. The van der Waals surface area contributed by atoms with Gasteiger partial charge in [0.05, 0.1) is 0 Å². The fourth-order valence-corrected chi connectivity index (χ4v) is 1.48. The highest BCUT2D eigenvalue weighted by molar-refractivity contribution is 6.17. The molecule has 5 nitrogen and oxygen atoms in total. The van der Waals surface area contributed by atoms with E-state index < -0.39 is 18.1 Å². The van der Waals surface area contributed by atoms with Crippen LogP contribution in [0, 0.1) is 0 Å². The fourth-order valence-electron chi connectivity index (χ4n) is 1.29. The van der Waals surface area contributed by atoms with Gasteiger partial charge in [-0.2, -0.15) is 0 Å². The van der Waals surface area contributed by atoms with Crippen LogP contribution in [0.5, 0.6) is 0 Å². The van der Waals surface area contributed by atoms with E-state index in [9.17, 15) is 14.7 Å². The number of ether oxygens (including phenoxy) is 1. The normalized spacial score (nSPS) is 25.1. The maximum atomic E-state index is 11.3. The Kier molecular flexibility index (Phi) is 4.84. The SMILES string of the molecule is O=C(CCCCCl)N[C@@H]1C(=O)OC[C@@H]1O. The van der Waals surface area contributed by atoms with Gasteiger partial charge in [-0.3, -0.25) is 4.79 Å². The monoisotopic (exact) mass is 235 g/mol. The second-order valence-corrected chi connectivity index (χ2v) is 3.77. The fraction of sp³-hybridized carbons (Fsp3) is 0.778. The summed E-state index contributed by atoms with van der Waals surface area (Å²) >= 11 is 5.46. The Balaban J connectivity index is 2.27.